The second-order valence-corrected chi connectivity index (χ2v) is 16.3. The van der Waals surface area contributed by atoms with Crippen LogP contribution >= 0.6 is 23.2 Å². The number of fused-ring (bicyclic) bond motifs is 9. The molecule has 17 N–H and O–H groups in total. The Morgan fingerprint density at radius 3 is 2.10 bits per heavy atom. The molecule has 27 nitrogen and oxygen atoms in total. The monoisotopic (exact) mass is 999 g/mol. The number of carboxylic acid groups (broad SMARTS) is 1. The zero-order chi connectivity index (χ0) is 49.1. The van der Waals surface area contributed by atoms with Crippen molar-refractivity contribution in [2.24, 2.45) is 32.9 Å². The van der Waals surface area contributed by atoms with E-state index in [0.29, 0.717) is 81.8 Å². The highest BCUT2D eigenvalue weighted by Gasteiger charge is 2.43. The summed E-state index contributed by atoms with van der Waals surface area (Å²) in [6.07, 6.45) is 1.75. The van der Waals surface area contributed by atoms with Gasteiger partial charge < -0.3 is 43.6 Å². The number of amidine groups is 2. The zero-order valence-corrected chi connectivity index (χ0v) is 38.1. The summed E-state index contributed by atoms with van der Waals surface area (Å²) >= 11 is 13.8. The van der Waals surface area contributed by atoms with Gasteiger partial charge in [-0.05, 0) is 56.8 Å². The lowest BCUT2D eigenvalue weighted by atomic mass is 9.94. The quantitative estimate of drug-likeness (QED) is 0.0415. The van der Waals surface area contributed by atoms with Crippen molar-refractivity contribution in [3.8, 4) is 0 Å². The van der Waals surface area contributed by atoms with E-state index in [-0.39, 0.29) is 66.6 Å². The number of amides is 2. The van der Waals surface area contributed by atoms with Crippen LogP contribution in [-0.4, -0.2) is 156 Å². The Kier molecular flexibility index (Phi) is 17.7. The van der Waals surface area contributed by atoms with Gasteiger partial charge in [-0.3, -0.25) is 29.6 Å². The summed E-state index contributed by atoms with van der Waals surface area (Å²) in [5, 5.41) is 20.8. The van der Waals surface area contributed by atoms with Gasteiger partial charge >= 0.3 is 12.1 Å². The molecule has 6 aliphatic heterocycles. The third kappa shape index (κ3) is 12.8. The number of rotatable bonds is 13. The van der Waals surface area contributed by atoms with Crippen LogP contribution in [0.3, 0.4) is 0 Å². The Morgan fingerprint density at radius 1 is 0.926 bits per heavy atom. The minimum absolute atomic E-state index is 0.00163. The summed E-state index contributed by atoms with van der Waals surface area (Å²) in [5.41, 5.74) is 41.2. The van der Waals surface area contributed by atoms with E-state index in [1.54, 1.807) is 24.5 Å². The van der Waals surface area contributed by atoms with Crippen LogP contribution in [0.15, 0.2) is 57.5 Å². The molecule has 0 aromatic carbocycles. The SMILES string of the molecule is CNNNCN1CNNNCN=C2NC(N)=C(C1=O)N(N1CCC(c3nc(NCCc4ccncc4)nc(C4CCN(N5C(C(N)=O)=C(N)N=C(N)C5Cl)CC4)n3)CC1)C2Cl.O=C(O)C(F)(F)F. The molecule has 372 valence electrons. The minimum Gasteiger partial charge on any atom is -0.475 e. The number of nitrogens with one attached hydrogen (secondary N) is 8. The van der Waals surface area contributed by atoms with E-state index in [0.717, 1.165) is 12.0 Å². The van der Waals surface area contributed by atoms with E-state index in [2.05, 4.69) is 58.4 Å². The standard InChI is InChI=1S/C34H53Cl2N23O2.C2HF3O2/c1-41-53-46-17-55-18-47-54-45-16-44-32-25(36)59(23(33(55)61)27(38)49-32)57-14-7-21(8-15-57)31-50-30(51-34(52-31)43-11-4-19-2-9-42-10-3-19)20-5-12-56(13-6-20)58-22(29(40)60)26(37)48-28(39)24(58)35;3-2(4,5)1(6)7/h2-3,9-10,20-21,24-25,41,45-47,53-54H,4-8,11-18,37-38H2,1H3,(H2,39,48)(H2,40,60)(H,44,49)(H,43,50,51,52);(H,6,7). The lowest BCUT2D eigenvalue weighted by Crippen LogP contribution is -2.63. The fourth-order valence-electron chi connectivity index (χ4n) is 7.68. The van der Waals surface area contributed by atoms with Crippen LogP contribution in [0, 0.1) is 0 Å². The number of aliphatic carboxylic acids is 1. The molecule has 2 aromatic rings. The van der Waals surface area contributed by atoms with Crippen LogP contribution < -0.4 is 66.3 Å². The molecule has 8 heterocycles. The Bertz CT molecular complexity index is 2230. The van der Waals surface area contributed by atoms with Gasteiger partial charge in [0.05, 0.1) is 13.3 Å². The number of nitrogens with zero attached hydrogens (tertiary/aromatic N) is 11. The average Bonchev–Trinajstić information content (AvgIpc) is 3.31. The van der Waals surface area contributed by atoms with Gasteiger partial charge in [-0.2, -0.15) is 34.2 Å². The van der Waals surface area contributed by atoms with E-state index in [9.17, 15) is 22.8 Å². The third-order valence-corrected chi connectivity index (χ3v) is 11.8. The predicted octanol–water partition coefficient (Wildman–Crippen LogP) is -2.87. The fraction of sp³-hybridized carbons (Fsp3) is 0.528. The second-order valence-electron chi connectivity index (χ2n) is 15.4. The van der Waals surface area contributed by atoms with E-state index in [4.69, 9.17) is 71.0 Å². The molecule has 68 heavy (non-hydrogen) atoms. The number of carboxylic acids is 1. The van der Waals surface area contributed by atoms with Gasteiger partial charge in [-0.25, -0.2) is 46.5 Å². The van der Waals surface area contributed by atoms with Crippen molar-refractivity contribution >= 4 is 58.6 Å². The van der Waals surface area contributed by atoms with Crippen LogP contribution in [0.2, 0.25) is 0 Å². The molecule has 2 unspecified atom stereocenters. The molecule has 0 radical (unpaired) electrons. The maximum atomic E-state index is 14.2. The lowest BCUT2D eigenvalue weighted by Gasteiger charge is -2.46. The van der Waals surface area contributed by atoms with Crippen molar-refractivity contribution in [2.75, 3.05) is 65.1 Å². The number of pyridine rings is 1. The molecule has 6 aliphatic rings. The largest absolute Gasteiger partial charge is 0.490 e. The Labute approximate surface area is 397 Å². The Hall–Kier alpha value is -5.96. The molecule has 0 aliphatic carbocycles. The molecular formula is C36H54Cl2F3N23O4. The highest BCUT2D eigenvalue weighted by molar-refractivity contribution is 6.32. The summed E-state index contributed by atoms with van der Waals surface area (Å²) in [5.74, 6) is -1.65. The number of aliphatic imine (C=N–C) groups is 2. The molecule has 2 aromatic heterocycles. The number of halogens is 5. The van der Waals surface area contributed by atoms with Crippen LogP contribution in [0.5, 0.6) is 0 Å². The molecule has 0 saturated carbocycles. The molecule has 2 amide bonds. The third-order valence-electron chi connectivity index (χ3n) is 11.0. The Balaban J connectivity index is 0.00000101. The van der Waals surface area contributed by atoms with Crippen LogP contribution in [-0.2, 0) is 20.8 Å². The van der Waals surface area contributed by atoms with Crippen molar-refractivity contribution in [2.45, 2.75) is 61.1 Å². The van der Waals surface area contributed by atoms with Gasteiger partial charge in [0.2, 0.25) is 5.95 Å². The van der Waals surface area contributed by atoms with Gasteiger partial charge in [-0.15, -0.1) is 0 Å². The number of anilines is 1. The van der Waals surface area contributed by atoms with Gasteiger partial charge in [-0.1, -0.05) is 23.2 Å². The van der Waals surface area contributed by atoms with Crippen LogP contribution in [0.1, 0.15) is 54.7 Å². The minimum atomic E-state index is -5.08. The van der Waals surface area contributed by atoms with E-state index >= 15 is 0 Å². The lowest BCUT2D eigenvalue weighted by molar-refractivity contribution is -0.192. The number of hydrogen-bond donors (Lipinski definition) is 13. The number of piperidine rings is 2. The smallest absolute Gasteiger partial charge is 0.475 e. The first-order chi connectivity index (χ1) is 32.5. The molecule has 2 saturated heterocycles. The zero-order valence-electron chi connectivity index (χ0n) is 36.6. The molecule has 0 spiro atoms. The molecule has 2 atom stereocenters. The Morgan fingerprint density at radius 2 is 1.53 bits per heavy atom. The molecule has 2 fully saturated rings. The van der Waals surface area contributed by atoms with Gasteiger partial charge in [0.15, 0.2) is 28.2 Å². The predicted molar refractivity (Wildman–Crippen MR) is 240 cm³/mol. The van der Waals surface area contributed by atoms with E-state index in [1.165, 1.54) is 9.91 Å². The summed E-state index contributed by atoms with van der Waals surface area (Å²) in [6, 6.07) is 3.95. The van der Waals surface area contributed by atoms with Crippen molar-refractivity contribution in [3.05, 3.63) is 64.8 Å². The summed E-state index contributed by atoms with van der Waals surface area (Å²) in [6.45, 7) is 2.98. The van der Waals surface area contributed by atoms with Gasteiger partial charge in [0, 0.05) is 57.0 Å². The second kappa shape index (κ2) is 23.4. The number of carbonyl (C=O) groups is 3. The summed E-state index contributed by atoms with van der Waals surface area (Å²) in [7, 11) is 1.70. The van der Waals surface area contributed by atoms with Crippen LogP contribution in [0.25, 0.3) is 0 Å². The highest BCUT2D eigenvalue weighted by atomic mass is 35.5. The normalized spacial score (nSPS) is 21.9. The summed E-state index contributed by atoms with van der Waals surface area (Å²) in [4.78, 5) is 64.8. The first-order valence-corrected chi connectivity index (χ1v) is 22.0. The number of nitrogens with two attached hydrogens (primary N) is 4. The molecule has 8 rings (SSSR count). The van der Waals surface area contributed by atoms with E-state index < -0.39 is 29.1 Å². The molecule has 2 bridgehead atoms. The first kappa shape index (κ1) is 51.4. The average molecular weight is 1000 g/mol. The topological polar surface area (TPSA) is 364 Å². The number of primary amides is 1. The number of aromatic nitrogens is 4. The number of carbonyl (C=O) groups excluding carboxylic acids is 2. The van der Waals surface area contributed by atoms with Crippen molar-refractivity contribution in [3.63, 3.8) is 0 Å². The highest BCUT2D eigenvalue weighted by Crippen LogP contribution is 2.35. The number of hydrogen-bond acceptors (Lipinski definition) is 24. The maximum Gasteiger partial charge on any atom is 0.490 e. The van der Waals surface area contributed by atoms with E-state index in [1.807, 2.05) is 22.2 Å². The number of hydrazine groups is 6. The maximum absolute atomic E-state index is 14.2. The molecular weight excluding hydrogens is 946 g/mol. The summed E-state index contributed by atoms with van der Waals surface area (Å²) < 4.78 is 31.7. The van der Waals surface area contributed by atoms with Crippen LogP contribution in [0.4, 0.5) is 19.1 Å². The van der Waals surface area contributed by atoms with Crippen molar-refractivity contribution < 1.29 is 32.7 Å². The first-order valence-electron chi connectivity index (χ1n) is 21.1. The molecule has 32 heteroatoms. The van der Waals surface area contributed by atoms with Gasteiger partial charge in [0.25, 0.3) is 11.8 Å². The van der Waals surface area contributed by atoms with Gasteiger partial charge in [0.1, 0.15) is 35.8 Å². The fourth-order valence-corrected chi connectivity index (χ4v) is 8.30. The number of alkyl halides is 5. The van der Waals surface area contributed by atoms with Crippen molar-refractivity contribution in [1.82, 2.24) is 83.0 Å². The van der Waals surface area contributed by atoms with Crippen molar-refractivity contribution in [1.29, 1.82) is 0 Å².